The molecule has 0 saturated carbocycles. The van der Waals surface area contributed by atoms with Crippen molar-refractivity contribution in [1.82, 2.24) is 4.90 Å². The Kier molecular flexibility index (Phi) is 7.41. The Morgan fingerprint density at radius 2 is 1.38 bits per heavy atom. The van der Waals surface area contributed by atoms with Crippen molar-refractivity contribution in [1.29, 1.82) is 0 Å². The van der Waals surface area contributed by atoms with E-state index in [0.29, 0.717) is 11.8 Å². The Hall–Kier alpha value is -0.860. The van der Waals surface area contributed by atoms with Crippen LogP contribution in [0.4, 0.5) is 0 Å². The molecule has 1 rings (SSSR count). The summed E-state index contributed by atoms with van der Waals surface area (Å²) in [4.78, 5) is 2.57. The van der Waals surface area contributed by atoms with E-state index in [1.807, 2.05) is 0 Å². The standard InChI is InChI=1S/C19H34N2/c1-14(2)12-21(13-15(3)4)8-7-19(20)18-10-16(5)9-17(6)11-18/h9-11,14-15,19H,7-8,12-13,20H2,1-6H3. The molecular formula is C19H34N2. The second-order valence-electron chi connectivity index (χ2n) is 7.36. The van der Waals surface area contributed by atoms with Crippen LogP contribution in [0.15, 0.2) is 18.2 Å². The highest BCUT2D eigenvalue weighted by molar-refractivity contribution is 5.30. The molecule has 1 unspecified atom stereocenters. The van der Waals surface area contributed by atoms with Crippen molar-refractivity contribution < 1.29 is 0 Å². The lowest BCUT2D eigenvalue weighted by atomic mass is 9.99. The second kappa shape index (κ2) is 8.55. The zero-order valence-corrected chi connectivity index (χ0v) is 14.8. The first-order valence-corrected chi connectivity index (χ1v) is 8.34. The summed E-state index contributed by atoms with van der Waals surface area (Å²) in [5.74, 6) is 1.42. The molecule has 0 aliphatic rings. The molecule has 2 nitrogen and oxygen atoms in total. The Bertz CT molecular complexity index is 393. The predicted molar refractivity (Wildman–Crippen MR) is 93.6 cm³/mol. The summed E-state index contributed by atoms with van der Waals surface area (Å²) in [6.45, 7) is 16.9. The third kappa shape index (κ3) is 7.10. The maximum Gasteiger partial charge on any atom is 0.0307 e. The smallest absolute Gasteiger partial charge is 0.0307 e. The molecule has 21 heavy (non-hydrogen) atoms. The van der Waals surface area contributed by atoms with E-state index in [9.17, 15) is 0 Å². The minimum Gasteiger partial charge on any atom is -0.324 e. The summed E-state index contributed by atoms with van der Waals surface area (Å²) in [6.07, 6.45) is 1.03. The summed E-state index contributed by atoms with van der Waals surface area (Å²) < 4.78 is 0. The fourth-order valence-electron chi connectivity index (χ4n) is 3.00. The summed E-state index contributed by atoms with van der Waals surface area (Å²) in [6, 6.07) is 6.81. The lowest BCUT2D eigenvalue weighted by Gasteiger charge is -2.27. The van der Waals surface area contributed by atoms with E-state index < -0.39 is 0 Å². The number of rotatable bonds is 8. The van der Waals surface area contributed by atoms with Gasteiger partial charge in [-0.2, -0.15) is 0 Å². The molecule has 0 aliphatic carbocycles. The van der Waals surface area contributed by atoms with Gasteiger partial charge in [0.2, 0.25) is 0 Å². The van der Waals surface area contributed by atoms with Gasteiger partial charge >= 0.3 is 0 Å². The first kappa shape index (κ1) is 18.2. The third-order valence-electron chi connectivity index (χ3n) is 3.68. The highest BCUT2D eigenvalue weighted by atomic mass is 15.1. The summed E-state index contributed by atoms with van der Waals surface area (Å²) >= 11 is 0. The average molecular weight is 290 g/mol. The predicted octanol–water partition coefficient (Wildman–Crippen LogP) is 4.31. The van der Waals surface area contributed by atoms with Gasteiger partial charge in [-0.05, 0) is 44.2 Å². The molecule has 2 N–H and O–H groups in total. The van der Waals surface area contributed by atoms with E-state index in [1.165, 1.54) is 16.7 Å². The molecule has 0 radical (unpaired) electrons. The maximum absolute atomic E-state index is 6.42. The van der Waals surface area contributed by atoms with Crippen LogP contribution < -0.4 is 5.73 Å². The Morgan fingerprint density at radius 3 is 1.81 bits per heavy atom. The van der Waals surface area contributed by atoms with Crippen LogP contribution in [0.2, 0.25) is 0 Å². The van der Waals surface area contributed by atoms with Crippen LogP contribution in [0.25, 0.3) is 0 Å². The van der Waals surface area contributed by atoms with Gasteiger partial charge in [0.15, 0.2) is 0 Å². The van der Waals surface area contributed by atoms with Crippen molar-refractivity contribution in [2.75, 3.05) is 19.6 Å². The van der Waals surface area contributed by atoms with Gasteiger partial charge in [-0.1, -0.05) is 57.0 Å². The maximum atomic E-state index is 6.42. The monoisotopic (exact) mass is 290 g/mol. The van der Waals surface area contributed by atoms with Gasteiger partial charge in [-0.3, -0.25) is 0 Å². The van der Waals surface area contributed by atoms with E-state index in [-0.39, 0.29) is 6.04 Å². The zero-order chi connectivity index (χ0) is 16.0. The van der Waals surface area contributed by atoms with E-state index in [1.54, 1.807) is 0 Å². The molecule has 0 heterocycles. The van der Waals surface area contributed by atoms with E-state index in [4.69, 9.17) is 5.73 Å². The van der Waals surface area contributed by atoms with Crippen LogP contribution in [-0.2, 0) is 0 Å². The molecule has 0 aromatic heterocycles. The molecule has 0 spiro atoms. The third-order valence-corrected chi connectivity index (χ3v) is 3.68. The molecule has 2 heteroatoms. The SMILES string of the molecule is Cc1cc(C)cc(C(N)CCN(CC(C)C)CC(C)C)c1. The number of aryl methyl sites for hydroxylation is 2. The molecule has 0 aliphatic heterocycles. The normalized spacial score (nSPS) is 13.4. The van der Waals surface area contributed by atoms with Gasteiger partial charge in [-0.15, -0.1) is 0 Å². The van der Waals surface area contributed by atoms with E-state index in [0.717, 1.165) is 26.1 Å². The molecule has 1 atom stereocenters. The number of hydrogen-bond donors (Lipinski definition) is 1. The molecule has 1 aromatic rings. The highest BCUT2D eigenvalue weighted by Crippen LogP contribution is 2.18. The Morgan fingerprint density at radius 1 is 0.905 bits per heavy atom. The lowest BCUT2D eigenvalue weighted by Crippen LogP contribution is -2.33. The molecule has 0 saturated heterocycles. The molecule has 120 valence electrons. The highest BCUT2D eigenvalue weighted by Gasteiger charge is 2.13. The average Bonchev–Trinajstić information content (AvgIpc) is 2.32. The van der Waals surface area contributed by atoms with Crippen LogP contribution in [0.5, 0.6) is 0 Å². The molecule has 0 amide bonds. The number of nitrogens with two attached hydrogens (primary N) is 1. The van der Waals surface area contributed by atoms with Gasteiger partial charge in [0.05, 0.1) is 0 Å². The molecule has 0 fully saturated rings. The van der Waals surface area contributed by atoms with Crippen molar-refractivity contribution in [2.45, 2.75) is 54.0 Å². The van der Waals surface area contributed by atoms with Gasteiger partial charge in [0, 0.05) is 19.1 Å². The molecule has 1 aromatic carbocycles. The van der Waals surface area contributed by atoms with Gasteiger partial charge in [-0.25, -0.2) is 0 Å². The lowest BCUT2D eigenvalue weighted by molar-refractivity contribution is 0.212. The van der Waals surface area contributed by atoms with Crippen LogP contribution in [0, 0.1) is 25.7 Å². The number of benzene rings is 1. The van der Waals surface area contributed by atoms with Crippen molar-refractivity contribution in [3.63, 3.8) is 0 Å². The first-order valence-electron chi connectivity index (χ1n) is 8.34. The summed E-state index contributed by atoms with van der Waals surface area (Å²) in [5.41, 5.74) is 10.3. The Balaban J connectivity index is 2.61. The van der Waals surface area contributed by atoms with Gasteiger partial charge in [0.1, 0.15) is 0 Å². The fourth-order valence-corrected chi connectivity index (χ4v) is 3.00. The second-order valence-corrected chi connectivity index (χ2v) is 7.36. The van der Waals surface area contributed by atoms with Gasteiger partial charge in [0.25, 0.3) is 0 Å². The minimum atomic E-state index is 0.144. The summed E-state index contributed by atoms with van der Waals surface area (Å²) in [5, 5.41) is 0. The van der Waals surface area contributed by atoms with E-state index >= 15 is 0 Å². The van der Waals surface area contributed by atoms with Crippen LogP contribution in [-0.4, -0.2) is 24.5 Å². The topological polar surface area (TPSA) is 29.3 Å². The van der Waals surface area contributed by atoms with Crippen molar-refractivity contribution in [3.8, 4) is 0 Å². The van der Waals surface area contributed by atoms with Crippen LogP contribution in [0.1, 0.15) is 56.8 Å². The Labute approximate surface area is 131 Å². The van der Waals surface area contributed by atoms with E-state index in [2.05, 4.69) is 64.6 Å². The number of nitrogens with zero attached hydrogens (tertiary/aromatic N) is 1. The van der Waals surface area contributed by atoms with Crippen molar-refractivity contribution in [2.24, 2.45) is 17.6 Å². The minimum absolute atomic E-state index is 0.144. The largest absolute Gasteiger partial charge is 0.324 e. The van der Waals surface area contributed by atoms with Gasteiger partial charge < -0.3 is 10.6 Å². The van der Waals surface area contributed by atoms with Crippen LogP contribution in [0.3, 0.4) is 0 Å². The fraction of sp³-hybridized carbons (Fsp3) is 0.684. The molecule has 0 bridgehead atoms. The van der Waals surface area contributed by atoms with Crippen molar-refractivity contribution >= 4 is 0 Å². The summed E-state index contributed by atoms with van der Waals surface area (Å²) in [7, 11) is 0. The first-order chi connectivity index (χ1) is 9.77. The zero-order valence-electron chi connectivity index (χ0n) is 14.8. The quantitative estimate of drug-likeness (QED) is 0.773. The molecular weight excluding hydrogens is 256 g/mol. The van der Waals surface area contributed by atoms with Crippen LogP contribution >= 0.6 is 0 Å². The number of hydrogen-bond acceptors (Lipinski definition) is 2. The van der Waals surface area contributed by atoms with Crippen molar-refractivity contribution in [3.05, 3.63) is 34.9 Å².